The van der Waals surface area contributed by atoms with Gasteiger partial charge in [0.2, 0.25) is 10.0 Å². The highest BCUT2D eigenvalue weighted by molar-refractivity contribution is 7.89. The molecule has 1 spiro atoms. The molecule has 2 saturated heterocycles. The molecular formula is C15H21N3O4S. The fraction of sp³-hybridized carbons (Fsp3) is 0.533. The van der Waals surface area contributed by atoms with Crippen molar-refractivity contribution in [1.82, 2.24) is 10.0 Å². The van der Waals surface area contributed by atoms with Gasteiger partial charge in [0.05, 0.1) is 18.3 Å². The van der Waals surface area contributed by atoms with E-state index in [1.165, 1.54) is 0 Å². The first-order chi connectivity index (χ1) is 10.9. The molecule has 2 unspecified atom stereocenters. The molecule has 2 atom stereocenters. The second-order valence-corrected chi connectivity index (χ2v) is 7.70. The third-order valence-corrected chi connectivity index (χ3v) is 6.11. The Kier molecular flexibility index (Phi) is 3.97. The van der Waals surface area contributed by atoms with Crippen LogP contribution in [0.15, 0.2) is 29.2 Å². The highest BCUT2D eigenvalue weighted by Gasteiger charge is 2.51. The van der Waals surface area contributed by atoms with Crippen LogP contribution in [-0.2, 0) is 14.8 Å². The van der Waals surface area contributed by atoms with Gasteiger partial charge in [-0.1, -0.05) is 19.1 Å². The lowest BCUT2D eigenvalue weighted by Gasteiger charge is -2.27. The topological polar surface area (TPSA) is 87.7 Å². The maximum absolute atomic E-state index is 12.4. The lowest BCUT2D eigenvalue weighted by Crippen LogP contribution is -2.44. The fourth-order valence-electron chi connectivity index (χ4n) is 3.27. The number of sulfonamides is 1. The first-order valence-corrected chi connectivity index (χ1v) is 9.19. The van der Waals surface area contributed by atoms with Crippen molar-refractivity contribution in [1.29, 1.82) is 0 Å². The number of ether oxygens (including phenoxy) is 1. The van der Waals surface area contributed by atoms with Crippen LogP contribution in [0.3, 0.4) is 0 Å². The molecule has 7 nitrogen and oxygen atoms in total. The highest BCUT2D eigenvalue weighted by atomic mass is 32.2. The van der Waals surface area contributed by atoms with Gasteiger partial charge < -0.3 is 15.0 Å². The molecule has 1 aromatic carbocycles. The van der Waals surface area contributed by atoms with Crippen molar-refractivity contribution in [2.45, 2.75) is 36.8 Å². The molecular weight excluding hydrogens is 318 g/mol. The zero-order valence-corrected chi connectivity index (χ0v) is 14.0. The minimum Gasteiger partial charge on any atom is -0.439 e. The molecule has 0 aromatic heterocycles. The van der Waals surface area contributed by atoms with Crippen LogP contribution in [0.1, 0.15) is 20.3 Å². The van der Waals surface area contributed by atoms with Crippen molar-refractivity contribution < 1.29 is 17.9 Å². The molecule has 2 heterocycles. The van der Waals surface area contributed by atoms with Crippen molar-refractivity contribution in [3.8, 4) is 0 Å². The third-order valence-electron chi connectivity index (χ3n) is 4.51. The average Bonchev–Trinajstić information content (AvgIpc) is 3.03. The monoisotopic (exact) mass is 339 g/mol. The van der Waals surface area contributed by atoms with E-state index in [4.69, 9.17) is 4.74 Å². The van der Waals surface area contributed by atoms with Crippen LogP contribution < -0.4 is 14.9 Å². The maximum Gasteiger partial charge on any atom is 0.408 e. The molecule has 0 radical (unpaired) electrons. The SMILES string of the molecule is CCNS(=O)(=O)c1ccccc1N1CCC2(C1)OC(=O)NC2C. The Hall–Kier alpha value is -1.80. The largest absolute Gasteiger partial charge is 0.439 e. The van der Waals surface area contributed by atoms with Gasteiger partial charge in [-0.2, -0.15) is 0 Å². The number of anilines is 1. The van der Waals surface area contributed by atoms with Crippen LogP contribution in [0, 0.1) is 0 Å². The van der Waals surface area contributed by atoms with Crippen LogP contribution >= 0.6 is 0 Å². The van der Waals surface area contributed by atoms with Crippen LogP contribution in [0.25, 0.3) is 0 Å². The van der Waals surface area contributed by atoms with Gasteiger partial charge in [0.15, 0.2) is 5.60 Å². The van der Waals surface area contributed by atoms with Crippen molar-refractivity contribution in [3.63, 3.8) is 0 Å². The number of nitrogens with one attached hydrogen (secondary N) is 2. The molecule has 2 fully saturated rings. The number of nitrogens with zero attached hydrogens (tertiary/aromatic N) is 1. The zero-order valence-electron chi connectivity index (χ0n) is 13.2. The van der Waals surface area contributed by atoms with E-state index < -0.39 is 21.7 Å². The second kappa shape index (κ2) is 5.68. The summed E-state index contributed by atoms with van der Waals surface area (Å²) in [6.45, 7) is 5.11. The standard InChI is InChI=1S/C15H21N3O4S/c1-3-16-23(20,21)13-7-5-4-6-12(13)18-9-8-15(10-18)11(2)17-14(19)22-15/h4-7,11,16H,3,8-10H2,1-2H3,(H,17,19). The molecule has 0 saturated carbocycles. The molecule has 2 aliphatic heterocycles. The van der Waals surface area contributed by atoms with Gasteiger partial charge in [0.1, 0.15) is 4.90 Å². The lowest BCUT2D eigenvalue weighted by molar-refractivity contribution is 0.0584. The van der Waals surface area contributed by atoms with Gasteiger partial charge in [-0.15, -0.1) is 0 Å². The minimum absolute atomic E-state index is 0.0995. The van der Waals surface area contributed by atoms with Crippen LogP contribution in [0.4, 0.5) is 10.5 Å². The Bertz CT molecular complexity index is 721. The number of carbonyl (C=O) groups is 1. The average molecular weight is 339 g/mol. The van der Waals surface area contributed by atoms with Gasteiger partial charge in [-0.3, -0.25) is 0 Å². The molecule has 2 aliphatic rings. The summed E-state index contributed by atoms with van der Waals surface area (Å²) in [6.07, 6.45) is 0.260. The van der Waals surface area contributed by atoms with Gasteiger partial charge in [0, 0.05) is 19.5 Å². The smallest absolute Gasteiger partial charge is 0.408 e. The molecule has 2 N–H and O–H groups in total. The molecule has 0 aliphatic carbocycles. The van der Waals surface area contributed by atoms with E-state index in [0.717, 1.165) is 0 Å². The summed E-state index contributed by atoms with van der Waals surface area (Å²) in [7, 11) is -3.55. The molecule has 1 aromatic rings. The van der Waals surface area contributed by atoms with Gasteiger partial charge >= 0.3 is 6.09 Å². The summed E-state index contributed by atoms with van der Waals surface area (Å²) >= 11 is 0. The molecule has 0 bridgehead atoms. The van der Waals surface area contributed by atoms with Gasteiger partial charge in [0.25, 0.3) is 0 Å². The highest BCUT2D eigenvalue weighted by Crippen LogP contribution is 2.37. The zero-order chi connectivity index (χ0) is 16.7. The predicted molar refractivity (Wildman–Crippen MR) is 85.9 cm³/mol. The molecule has 3 rings (SSSR count). The van der Waals surface area contributed by atoms with Crippen molar-refractivity contribution in [3.05, 3.63) is 24.3 Å². The fourth-order valence-corrected chi connectivity index (χ4v) is 4.54. The van der Waals surface area contributed by atoms with Crippen LogP contribution in [-0.4, -0.2) is 45.8 Å². The van der Waals surface area contributed by atoms with E-state index in [2.05, 4.69) is 10.0 Å². The van der Waals surface area contributed by atoms with E-state index in [9.17, 15) is 13.2 Å². The second-order valence-electron chi connectivity index (χ2n) is 5.96. The normalized spacial score (nSPS) is 27.3. The van der Waals surface area contributed by atoms with Crippen molar-refractivity contribution >= 4 is 21.8 Å². The number of hydrogen-bond donors (Lipinski definition) is 2. The maximum atomic E-state index is 12.4. The number of para-hydroxylation sites is 1. The summed E-state index contributed by atoms with van der Waals surface area (Å²) in [5, 5.41) is 2.77. The van der Waals surface area contributed by atoms with E-state index in [0.29, 0.717) is 31.7 Å². The summed E-state index contributed by atoms with van der Waals surface area (Å²) in [6, 6.07) is 6.81. The van der Waals surface area contributed by atoms with E-state index in [1.54, 1.807) is 25.1 Å². The molecule has 1 amide bonds. The minimum atomic E-state index is -3.55. The third kappa shape index (κ3) is 2.76. The van der Waals surface area contributed by atoms with Crippen LogP contribution in [0.2, 0.25) is 0 Å². The lowest BCUT2D eigenvalue weighted by atomic mass is 9.95. The molecule has 8 heteroatoms. The Morgan fingerprint density at radius 2 is 2.17 bits per heavy atom. The van der Waals surface area contributed by atoms with E-state index >= 15 is 0 Å². The van der Waals surface area contributed by atoms with Gasteiger partial charge in [-0.25, -0.2) is 17.9 Å². The van der Waals surface area contributed by atoms with Gasteiger partial charge in [-0.05, 0) is 19.1 Å². The summed E-state index contributed by atoms with van der Waals surface area (Å²) in [5.41, 5.74) is 0.0482. The molecule has 23 heavy (non-hydrogen) atoms. The van der Waals surface area contributed by atoms with E-state index in [-0.39, 0.29) is 10.9 Å². The number of benzene rings is 1. The number of alkyl carbamates (subject to hydrolysis) is 1. The summed E-state index contributed by atoms with van der Waals surface area (Å²) in [4.78, 5) is 13.7. The quantitative estimate of drug-likeness (QED) is 0.856. The number of carbonyl (C=O) groups excluding carboxylic acids is 1. The predicted octanol–water partition coefficient (Wildman–Crippen LogP) is 1.06. The summed E-state index contributed by atoms with van der Waals surface area (Å²) in [5.74, 6) is 0. The molecule has 126 valence electrons. The van der Waals surface area contributed by atoms with Crippen LogP contribution in [0.5, 0.6) is 0 Å². The Morgan fingerprint density at radius 1 is 1.43 bits per heavy atom. The van der Waals surface area contributed by atoms with Crippen molar-refractivity contribution in [2.75, 3.05) is 24.5 Å². The van der Waals surface area contributed by atoms with Crippen molar-refractivity contribution in [2.24, 2.45) is 0 Å². The Morgan fingerprint density at radius 3 is 2.83 bits per heavy atom. The first-order valence-electron chi connectivity index (χ1n) is 7.71. The Labute approximate surface area is 136 Å². The number of amides is 1. The summed E-state index contributed by atoms with van der Waals surface area (Å²) < 4.78 is 32.8. The number of rotatable bonds is 4. The number of hydrogen-bond acceptors (Lipinski definition) is 5. The first kappa shape index (κ1) is 16.1. The Balaban J connectivity index is 1.91. The van der Waals surface area contributed by atoms with E-state index in [1.807, 2.05) is 17.9 Å².